The summed E-state index contributed by atoms with van der Waals surface area (Å²) < 4.78 is 0. The number of urea groups is 1. The molecule has 8 heteroatoms. The molecule has 0 fully saturated rings. The van der Waals surface area contributed by atoms with Gasteiger partial charge in [0.15, 0.2) is 0 Å². The summed E-state index contributed by atoms with van der Waals surface area (Å²) in [6, 6.07) is 9.66. The van der Waals surface area contributed by atoms with Crippen molar-refractivity contribution in [3.63, 3.8) is 0 Å². The molecule has 1 atom stereocenters. The lowest BCUT2D eigenvalue weighted by atomic mass is 9.94. The van der Waals surface area contributed by atoms with Crippen molar-refractivity contribution < 1.29 is 4.79 Å². The zero-order valence-electron chi connectivity index (χ0n) is 14.0. The van der Waals surface area contributed by atoms with Crippen LogP contribution in [0.2, 0.25) is 10.0 Å². The Morgan fingerprint density at radius 1 is 1.19 bits per heavy atom. The van der Waals surface area contributed by atoms with Crippen LogP contribution in [0.25, 0.3) is 0 Å². The summed E-state index contributed by atoms with van der Waals surface area (Å²) in [7, 11) is 0. The molecule has 5 nitrogen and oxygen atoms in total. The number of amides is 2. The van der Waals surface area contributed by atoms with Crippen molar-refractivity contribution in [1.82, 2.24) is 9.88 Å². The number of thiophene rings is 1. The quantitative estimate of drug-likeness (QED) is 0.618. The maximum Gasteiger partial charge on any atom is 0.322 e. The Morgan fingerprint density at radius 3 is 2.67 bits per heavy atom. The van der Waals surface area contributed by atoms with Crippen LogP contribution in [0.15, 0.2) is 52.8 Å². The number of halogens is 2. The number of carbonyl (C=O) groups is 1. The van der Waals surface area contributed by atoms with Gasteiger partial charge in [-0.25, -0.2) is 4.79 Å². The van der Waals surface area contributed by atoms with Crippen LogP contribution in [-0.4, -0.2) is 22.5 Å². The van der Waals surface area contributed by atoms with E-state index in [0.717, 1.165) is 17.5 Å². The highest BCUT2D eigenvalue weighted by atomic mass is 35.5. The number of aromatic amines is 1. The number of H-pyrrole nitrogens is 1. The summed E-state index contributed by atoms with van der Waals surface area (Å²) in [5.74, 6) is 0. The van der Waals surface area contributed by atoms with Crippen LogP contribution in [0, 0.1) is 0 Å². The van der Waals surface area contributed by atoms with Crippen LogP contribution in [0.1, 0.15) is 22.0 Å². The number of pyridine rings is 1. The Labute approximate surface area is 169 Å². The van der Waals surface area contributed by atoms with Gasteiger partial charge in [-0.15, -0.1) is 11.3 Å². The molecule has 0 saturated carbocycles. The monoisotopic (exact) mass is 419 g/mol. The summed E-state index contributed by atoms with van der Waals surface area (Å²) in [5.41, 5.74) is 2.30. The van der Waals surface area contributed by atoms with Crippen molar-refractivity contribution in [1.29, 1.82) is 0 Å². The van der Waals surface area contributed by atoms with Crippen molar-refractivity contribution >= 4 is 46.3 Å². The molecular formula is C19H15Cl2N3O2S. The summed E-state index contributed by atoms with van der Waals surface area (Å²) in [4.78, 5) is 30.2. The maximum absolute atomic E-state index is 13.0. The number of rotatable bonds is 2. The molecule has 0 aliphatic carbocycles. The van der Waals surface area contributed by atoms with Crippen LogP contribution >= 0.6 is 34.5 Å². The molecule has 4 rings (SSSR count). The van der Waals surface area contributed by atoms with E-state index in [1.165, 1.54) is 10.9 Å². The third-order valence-electron chi connectivity index (χ3n) is 4.46. The number of nitrogens with one attached hydrogen (secondary N) is 2. The van der Waals surface area contributed by atoms with Crippen molar-refractivity contribution in [2.45, 2.75) is 12.5 Å². The standard InChI is InChI=1S/C19H15Cl2N3O2S/c20-12-7-13(21)9-14(8-12)23-19(26)24-5-3-16-15(4-6-27-16)18(24)11-1-2-17(25)22-10-11/h1-2,4,6-10,18H,3,5H2,(H,22,25)(H,23,26). The second kappa shape index (κ2) is 7.38. The predicted molar refractivity (Wildman–Crippen MR) is 109 cm³/mol. The van der Waals surface area contributed by atoms with Gasteiger partial charge in [-0.05, 0) is 53.3 Å². The lowest BCUT2D eigenvalue weighted by Gasteiger charge is -2.36. The molecule has 3 aromatic rings. The Bertz CT molecular complexity index is 1020. The van der Waals surface area contributed by atoms with E-state index in [-0.39, 0.29) is 17.6 Å². The molecule has 1 unspecified atom stereocenters. The Hall–Kier alpha value is -2.28. The Kier molecular flexibility index (Phi) is 4.95. The number of anilines is 1. The number of hydrogen-bond donors (Lipinski definition) is 2. The van der Waals surface area contributed by atoms with Gasteiger partial charge in [0.05, 0.1) is 6.04 Å². The molecule has 2 N–H and O–H groups in total. The summed E-state index contributed by atoms with van der Waals surface area (Å²) in [6.07, 6.45) is 2.45. The van der Waals surface area contributed by atoms with E-state index in [1.807, 2.05) is 11.4 Å². The molecule has 0 spiro atoms. The van der Waals surface area contributed by atoms with Crippen molar-refractivity contribution in [2.24, 2.45) is 0 Å². The molecular weight excluding hydrogens is 405 g/mol. The largest absolute Gasteiger partial charge is 0.329 e. The maximum atomic E-state index is 13.0. The number of nitrogens with zero attached hydrogens (tertiary/aromatic N) is 1. The van der Waals surface area contributed by atoms with E-state index in [4.69, 9.17) is 23.2 Å². The zero-order valence-corrected chi connectivity index (χ0v) is 16.4. The van der Waals surface area contributed by atoms with Crippen LogP contribution in [0.5, 0.6) is 0 Å². The second-order valence-electron chi connectivity index (χ2n) is 6.22. The summed E-state index contributed by atoms with van der Waals surface area (Å²) >= 11 is 13.7. The molecule has 0 saturated heterocycles. The fourth-order valence-electron chi connectivity index (χ4n) is 3.31. The van der Waals surface area contributed by atoms with E-state index >= 15 is 0 Å². The fourth-order valence-corrected chi connectivity index (χ4v) is 4.74. The van der Waals surface area contributed by atoms with E-state index in [1.54, 1.807) is 46.7 Å². The highest BCUT2D eigenvalue weighted by Gasteiger charge is 2.33. The first-order valence-electron chi connectivity index (χ1n) is 8.30. The molecule has 3 heterocycles. The Morgan fingerprint density at radius 2 is 1.96 bits per heavy atom. The van der Waals surface area contributed by atoms with Crippen LogP contribution in [-0.2, 0) is 6.42 Å². The van der Waals surface area contributed by atoms with Gasteiger partial charge in [0.1, 0.15) is 0 Å². The Balaban J connectivity index is 1.68. The minimum atomic E-state index is -0.272. The lowest BCUT2D eigenvalue weighted by Crippen LogP contribution is -2.42. The molecule has 2 aromatic heterocycles. The van der Waals surface area contributed by atoms with Gasteiger partial charge < -0.3 is 15.2 Å². The number of fused-ring (bicyclic) bond motifs is 1. The van der Waals surface area contributed by atoms with Crippen molar-refractivity contribution in [2.75, 3.05) is 11.9 Å². The zero-order chi connectivity index (χ0) is 19.0. The molecule has 27 heavy (non-hydrogen) atoms. The van der Waals surface area contributed by atoms with Crippen molar-refractivity contribution in [3.8, 4) is 0 Å². The first-order chi connectivity index (χ1) is 13.0. The van der Waals surface area contributed by atoms with Gasteiger partial charge >= 0.3 is 6.03 Å². The van der Waals surface area contributed by atoms with Crippen LogP contribution < -0.4 is 10.9 Å². The number of carbonyl (C=O) groups excluding carboxylic acids is 1. The molecule has 1 aliphatic rings. The number of aromatic nitrogens is 1. The van der Waals surface area contributed by atoms with Gasteiger partial charge in [0.25, 0.3) is 0 Å². The van der Waals surface area contributed by atoms with Crippen LogP contribution in [0.4, 0.5) is 10.5 Å². The first-order valence-corrected chi connectivity index (χ1v) is 9.93. The third kappa shape index (κ3) is 3.74. The SMILES string of the molecule is O=C(Nc1cc(Cl)cc(Cl)c1)N1CCc2sccc2C1c1ccc(=O)[nH]c1. The average molecular weight is 420 g/mol. The van der Waals surface area contributed by atoms with E-state index < -0.39 is 0 Å². The van der Waals surface area contributed by atoms with Gasteiger partial charge in [-0.1, -0.05) is 23.2 Å². The van der Waals surface area contributed by atoms with E-state index in [9.17, 15) is 9.59 Å². The lowest BCUT2D eigenvalue weighted by molar-refractivity contribution is 0.194. The molecule has 0 bridgehead atoms. The highest BCUT2D eigenvalue weighted by molar-refractivity contribution is 7.10. The van der Waals surface area contributed by atoms with Gasteiger partial charge in [0.2, 0.25) is 5.56 Å². The highest BCUT2D eigenvalue weighted by Crippen LogP contribution is 2.37. The van der Waals surface area contributed by atoms with Gasteiger partial charge in [0, 0.05) is 39.4 Å². The minimum absolute atomic E-state index is 0.176. The molecule has 0 radical (unpaired) electrons. The predicted octanol–water partition coefficient (Wildman–Crippen LogP) is 4.92. The molecule has 1 aliphatic heterocycles. The minimum Gasteiger partial charge on any atom is -0.329 e. The topological polar surface area (TPSA) is 65.2 Å². The molecule has 2 amide bonds. The number of hydrogen-bond acceptors (Lipinski definition) is 3. The van der Waals surface area contributed by atoms with E-state index in [0.29, 0.717) is 22.3 Å². The molecule has 1 aromatic carbocycles. The molecule has 138 valence electrons. The third-order valence-corrected chi connectivity index (χ3v) is 5.90. The van der Waals surface area contributed by atoms with E-state index in [2.05, 4.69) is 10.3 Å². The van der Waals surface area contributed by atoms with Crippen LogP contribution in [0.3, 0.4) is 0 Å². The second-order valence-corrected chi connectivity index (χ2v) is 8.09. The average Bonchev–Trinajstić information content (AvgIpc) is 3.09. The fraction of sp³-hybridized carbons (Fsp3) is 0.158. The normalized spacial score (nSPS) is 16.1. The summed E-state index contributed by atoms with van der Waals surface area (Å²) in [5, 5.41) is 5.81. The first kappa shape index (κ1) is 18.1. The smallest absolute Gasteiger partial charge is 0.322 e. The van der Waals surface area contributed by atoms with Gasteiger partial charge in [-0.3, -0.25) is 4.79 Å². The van der Waals surface area contributed by atoms with Gasteiger partial charge in [-0.2, -0.15) is 0 Å². The van der Waals surface area contributed by atoms with Crippen molar-refractivity contribution in [3.05, 3.63) is 84.4 Å². The number of benzene rings is 1. The summed E-state index contributed by atoms with van der Waals surface area (Å²) in [6.45, 7) is 0.567.